The Kier molecular flexibility index (Phi) is 6.50. The first-order chi connectivity index (χ1) is 13.0. The van der Waals surface area contributed by atoms with Gasteiger partial charge in [-0.05, 0) is 73.4 Å². The third-order valence-corrected chi connectivity index (χ3v) is 5.64. The second-order valence-corrected chi connectivity index (χ2v) is 7.65. The molecule has 0 atom stereocenters. The lowest BCUT2D eigenvalue weighted by atomic mass is 9.77. The van der Waals surface area contributed by atoms with Crippen LogP contribution in [0.15, 0.2) is 30.3 Å². The molecule has 0 heterocycles. The Morgan fingerprint density at radius 2 is 1.59 bits per heavy atom. The van der Waals surface area contributed by atoms with Crippen molar-refractivity contribution in [1.82, 2.24) is 0 Å². The van der Waals surface area contributed by atoms with Crippen molar-refractivity contribution in [2.24, 2.45) is 5.92 Å². The normalized spacial score (nSPS) is 19.4. The van der Waals surface area contributed by atoms with Gasteiger partial charge in [0, 0.05) is 5.56 Å². The second-order valence-electron chi connectivity index (χ2n) is 7.24. The smallest absolute Gasteiger partial charge is 0.143 e. The predicted molar refractivity (Wildman–Crippen MR) is 103 cm³/mol. The largest absolute Gasteiger partial charge is 0.206 e. The van der Waals surface area contributed by atoms with Crippen LogP contribution in [-0.2, 0) is 0 Å². The molecule has 0 nitrogen and oxygen atoms in total. The summed E-state index contributed by atoms with van der Waals surface area (Å²) in [4.78, 5) is 0. The fourth-order valence-electron chi connectivity index (χ4n) is 3.85. The van der Waals surface area contributed by atoms with Crippen molar-refractivity contribution >= 4 is 11.6 Å². The van der Waals surface area contributed by atoms with E-state index in [0.717, 1.165) is 37.7 Å². The van der Waals surface area contributed by atoms with E-state index >= 15 is 0 Å². The Morgan fingerprint density at radius 3 is 2.19 bits per heavy atom. The van der Waals surface area contributed by atoms with Crippen molar-refractivity contribution in [3.05, 3.63) is 69.5 Å². The Bertz CT molecular complexity index is 848. The molecule has 2 aromatic carbocycles. The number of rotatable bonds is 3. The van der Waals surface area contributed by atoms with E-state index in [9.17, 15) is 13.2 Å². The van der Waals surface area contributed by atoms with Crippen LogP contribution >= 0.6 is 11.6 Å². The van der Waals surface area contributed by atoms with Gasteiger partial charge in [0.25, 0.3) is 0 Å². The first kappa shape index (κ1) is 19.8. The van der Waals surface area contributed by atoms with Crippen LogP contribution in [0.2, 0.25) is 5.02 Å². The summed E-state index contributed by atoms with van der Waals surface area (Å²) in [6, 6.07) is 6.83. The van der Waals surface area contributed by atoms with Gasteiger partial charge < -0.3 is 0 Å². The van der Waals surface area contributed by atoms with Gasteiger partial charge in [-0.3, -0.25) is 0 Å². The molecule has 1 saturated carbocycles. The van der Waals surface area contributed by atoms with Gasteiger partial charge in [-0.25, -0.2) is 13.2 Å². The molecule has 0 bridgehead atoms. The maximum Gasteiger partial charge on any atom is 0.143 e. The van der Waals surface area contributed by atoms with Crippen LogP contribution < -0.4 is 0 Å². The topological polar surface area (TPSA) is 0 Å². The summed E-state index contributed by atoms with van der Waals surface area (Å²) in [5.74, 6) is 4.09. The van der Waals surface area contributed by atoms with Crippen LogP contribution in [0.5, 0.6) is 0 Å². The lowest BCUT2D eigenvalue weighted by Gasteiger charge is -2.28. The zero-order valence-electron chi connectivity index (χ0n) is 15.3. The third kappa shape index (κ3) is 4.87. The van der Waals surface area contributed by atoms with Crippen molar-refractivity contribution in [2.45, 2.75) is 51.4 Å². The summed E-state index contributed by atoms with van der Waals surface area (Å²) in [6.07, 6.45) is 6.59. The van der Waals surface area contributed by atoms with Gasteiger partial charge >= 0.3 is 0 Å². The summed E-state index contributed by atoms with van der Waals surface area (Å²) in [6.45, 7) is 2.19. The predicted octanol–water partition coefficient (Wildman–Crippen LogP) is 7.23. The first-order valence-corrected chi connectivity index (χ1v) is 9.81. The van der Waals surface area contributed by atoms with E-state index in [-0.39, 0.29) is 16.5 Å². The Labute approximate surface area is 163 Å². The molecule has 27 heavy (non-hydrogen) atoms. The summed E-state index contributed by atoms with van der Waals surface area (Å²) >= 11 is 5.62. The Hall–Kier alpha value is -1.92. The maximum atomic E-state index is 14.5. The molecule has 0 aromatic heterocycles. The molecule has 0 saturated heterocycles. The maximum absolute atomic E-state index is 14.5. The highest BCUT2D eigenvalue weighted by Crippen LogP contribution is 2.38. The quantitative estimate of drug-likeness (QED) is 0.485. The highest BCUT2D eigenvalue weighted by Gasteiger charge is 2.23. The summed E-state index contributed by atoms with van der Waals surface area (Å²) in [7, 11) is 0. The molecular formula is C23H22ClF3. The number of hydrogen-bond donors (Lipinski definition) is 0. The highest BCUT2D eigenvalue weighted by molar-refractivity contribution is 6.30. The lowest BCUT2D eigenvalue weighted by molar-refractivity contribution is 0.307. The molecule has 4 heteroatoms. The average molecular weight is 391 g/mol. The van der Waals surface area contributed by atoms with E-state index in [0.29, 0.717) is 11.1 Å². The van der Waals surface area contributed by atoms with E-state index in [1.165, 1.54) is 37.1 Å². The van der Waals surface area contributed by atoms with Crippen LogP contribution in [0, 0.1) is 35.2 Å². The molecule has 1 fully saturated rings. The molecule has 0 amide bonds. The van der Waals surface area contributed by atoms with Crippen molar-refractivity contribution in [2.75, 3.05) is 0 Å². The number of hydrogen-bond acceptors (Lipinski definition) is 0. The molecule has 142 valence electrons. The second kappa shape index (κ2) is 8.85. The Morgan fingerprint density at radius 1 is 0.926 bits per heavy atom. The van der Waals surface area contributed by atoms with Gasteiger partial charge in [0.2, 0.25) is 0 Å². The minimum absolute atomic E-state index is 0.0177. The summed E-state index contributed by atoms with van der Waals surface area (Å²) < 4.78 is 42.4. The van der Waals surface area contributed by atoms with Crippen molar-refractivity contribution in [3.8, 4) is 11.8 Å². The minimum Gasteiger partial charge on any atom is -0.206 e. The van der Waals surface area contributed by atoms with E-state index in [1.807, 2.05) is 0 Å². The third-order valence-electron chi connectivity index (χ3n) is 5.33. The van der Waals surface area contributed by atoms with E-state index < -0.39 is 17.5 Å². The molecule has 0 unspecified atom stereocenters. The standard InChI is InChI=1S/C23H22ClF3/c1-2-3-15-4-8-17(9-5-15)18-13-21(25)19(22(26)14-18)10-6-16-7-11-20(24)23(27)12-16/h7,11-15,17H,2-5,8-9H2,1H3/t15-,17-. The molecule has 3 rings (SSSR count). The van der Waals surface area contributed by atoms with Crippen LogP contribution in [0.4, 0.5) is 13.2 Å². The molecule has 0 spiro atoms. The summed E-state index contributed by atoms with van der Waals surface area (Å²) in [5.41, 5.74) is 0.742. The van der Waals surface area contributed by atoms with Gasteiger partial charge in [-0.15, -0.1) is 0 Å². The van der Waals surface area contributed by atoms with Crippen LogP contribution in [0.1, 0.15) is 68.1 Å². The first-order valence-electron chi connectivity index (χ1n) is 9.44. The van der Waals surface area contributed by atoms with Gasteiger partial charge in [-0.1, -0.05) is 43.2 Å². The molecule has 0 radical (unpaired) electrons. The minimum atomic E-state index is -0.664. The number of benzene rings is 2. The van der Waals surface area contributed by atoms with Gasteiger partial charge in [0.1, 0.15) is 17.5 Å². The fourth-order valence-corrected chi connectivity index (χ4v) is 3.97. The van der Waals surface area contributed by atoms with Crippen molar-refractivity contribution in [3.63, 3.8) is 0 Å². The van der Waals surface area contributed by atoms with Crippen LogP contribution in [0.3, 0.4) is 0 Å². The molecular weight excluding hydrogens is 369 g/mol. The van der Waals surface area contributed by atoms with Crippen LogP contribution in [0.25, 0.3) is 0 Å². The lowest BCUT2D eigenvalue weighted by Crippen LogP contribution is -2.13. The molecule has 1 aliphatic carbocycles. The zero-order valence-corrected chi connectivity index (χ0v) is 16.1. The summed E-state index contributed by atoms with van der Waals surface area (Å²) in [5, 5.41) is -0.0177. The van der Waals surface area contributed by atoms with E-state index in [4.69, 9.17) is 11.6 Å². The van der Waals surface area contributed by atoms with Gasteiger partial charge in [0.05, 0.1) is 10.6 Å². The Balaban J connectivity index is 1.78. The average Bonchev–Trinajstić information content (AvgIpc) is 2.64. The van der Waals surface area contributed by atoms with Crippen LogP contribution in [-0.4, -0.2) is 0 Å². The monoisotopic (exact) mass is 390 g/mol. The van der Waals surface area contributed by atoms with Crippen molar-refractivity contribution < 1.29 is 13.2 Å². The van der Waals surface area contributed by atoms with Gasteiger partial charge in [0.15, 0.2) is 0 Å². The van der Waals surface area contributed by atoms with E-state index in [2.05, 4.69) is 18.8 Å². The SMILES string of the molecule is CCC[C@H]1CC[C@H](c2cc(F)c(C#Cc3ccc(Cl)c(F)c3)c(F)c2)CC1. The molecule has 2 aromatic rings. The van der Waals surface area contributed by atoms with Crippen molar-refractivity contribution in [1.29, 1.82) is 0 Å². The fraction of sp³-hybridized carbons (Fsp3) is 0.391. The molecule has 0 aliphatic heterocycles. The number of halogens is 4. The van der Waals surface area contributed by atoms with Gasteiger partial charge in [-0.2, -0.15) is 0 Å². The molecule has 1 aliphatic rings. The zero-order chi connectivity index (χ0) is 19.4. The molecule has 0 N–H and O–H groups in total. The highest BCUT2D eigenvalue weighted by atomic mass is 35.5. The van der Waals surface area contributed by atoms with E-state index in [1.54, 1.807) is 0 Å².